The second kappa shape index (κ2) is 9.11. The molecule has 3 aromatic rings. The second-order valence-electron chi connectivity index (χ2n) is 6.84. The molecule has 1 unspecified atom stereocenters. The SMILES string of the molecule is Cc1ccc(S(=O)(=O)OCC(C=O)c2ccc(Oc3ccccc3)c(O)c2C)cc1. The molecular weight excluding hydrogens is 404 g/mol. The van der Waals surface area contributed by atoms with E-state index in [0.717, 1.165) is 5.56 Å². The van der Waals surface area contributed by atoms with Gasteiger partial charge in [-0.25, -0.2) is 0 Å². The lowest BCUT2D eigenvalue weighted by Crippen LogP contribution is -2.15. The summed E-state index contributed by atoms with van der Waals surface area (Å²) in [5.41, 5.74) is 1.79. The minimum Gasteiger partial charge on any atom is -0.504 e. The normalized spacial score (nSPS) is 12.3. The molecule has 1 atom stereocenters. The van der Waals surface area contributed by atoms with Gasteiger partial charge in [-0.2, -0.15) is 8.42 Å². The van der Waals surface area contributed by atoms with E-state index in [4.69, 9.17) is 8.92 Å². The van der Waals surface area contributed by atoms with Gasteiger partial charge in [0.25, 0.3) is 10.1 Å². The van der Waals surface area contributed by atoms with Gasteiger partial charge in [-0.15, -0.1) is 0 Å². The van der Waals surface area contributed by atoms with Crippen molar-refractivity contribution in [3.63, 3.8) is 0 Å². The number of phenols is 1. The minimum atomic E-state index is -4.01. The lowest BCUT2D eigenvalue weighted by molar-refractivity contribution is -0.109. The van der Waals surface area contributed by atoms with Gasteiger partial charge in [-0.05, 0) is 55.3 Å². The summed E-state index contributed by atoms with van der Waals surface area (Å²) in [6.45, 7) is 3.10. The standard InChI is InChI=1S/C23H22O6S/c1-16-8-10-20(11-9-16)30(26,27)28-15-18(14-24)21-12-13-22(23(25)17(21)2)29-19-6-4-3-5-7-19/h3-14,18,25H,15H2,1-2H3. The molecule has 0 spiro atoms. The van der Waals surface area contributed by atoms with Crippen LogP contribution >= 0.6 is 0 Å². The van der Waals surface area contributed by atoms with Crippen LogP contribution in [0.3, 0.4) is 0 Å². The van der Waals surface area contributed by atoms with Gasteiger partial charge >= 0.3 is 0 Å². The molecule has 156 valence electrons. The molecule has 1 N–H and O–H groups in total. The van der Waals surface area contributed by atoms with E-state index >= 15 is 0 Å². The number of aromatic hydroxyl groups is 1. The number of hydrogen-bond donors (Lipinski definition) is 1. The van der Waals surface area contributed by atoms with Crippen LogP contribution in [0.15, 0.2) is 71.6 Å². The number of phenolic OH excluding ortho intramolecular Hbond substituents is 1. The van der Waals surface area contributed by atoms with Gasteiger partial charge in [-0.3, -0.25) is 4.18 Å². The third-order valence-corrected chi connectivity index (χ3v) is 5.98. The summed E-state index contributed by atoms with van der Waals surface area (Å²) in [4.78, 5) is 11.7. The summed E-state index contributed by atoms with van der Waals surface area (Å²) in [6, 6.07) is 18.4. The fraction of sp³-hybridized carbons (Fsp3) is 0.174. The number of carbonyl (C=O) groups excluding carboxylic acids is 1. The topological polar surface area (TPSA) is 89.9 Å². The van der Waals surface area contributed by atoms with E-state index in [-0.39, 0.29) is 23.0 Å². The highest BCUT2D eigenvalue weighted by molar-refractivity contribution is 7.86. The monoisotopic (exact) mass is 426 g/mol. The Bertz CT molecular complexity index is 1120. The summed E-state index contributed by atoms with van der Waals surface area (Å²) in [5.74, 6) is -0.203. The third kappa shape index (κ3) is 4.87. The Morgan fingerprint density at radius 3 is 2.27 bits per heavy atom. The fourth-order valence-electron chi connectivity index (χ4n) is 2.93. The maximum absolute atomic E-state index is 12.4. The van der Waals surface area contributed by atoms with E-state index in [2.05, 4.69) is 0 Å². The number of rotatable bonds is 8. The minimum absolute atomic E-state index is 0.0175. The zero-order valence-corrected chi connectivity index (χ0v) is 17.4. The van der Waals surface area contributed by atoms with Crippen LogP contribution < -0.4 is 4.74 Å². The van der Waals surface area contributed by atoms with Crippen LogP contribution in [-0.2, 0) is 19.1 Å². The highest BCUT2D eigenvalue weighted by Gasteiger charge is 2.22. The molecule has 0 aliphatic heterocycles. The average molecular weight is 426 g/mol. The molecule has 3 rings (SSSR count). The third-order valence-electron chi connectivity index (χ3n) is 4.68. The molecule has 3 aromatic carbocycles. The summed E-state index contributed by atoms with van der Waals surface area (Å²) >= 11 is 0. The van der Waals surface area contributed by atoms with E-state index in [9.17, 15) is 18.3 Å². The number of aldehydes is 1. The molecule has 0 fully saturated rings. The summed E-state index contributed by atoms with van der Waals surface area (Å²) in [6.07, 6.45) is 0.601. The Morgan fingerprint density at radius 1 is 0.967 bits per heavy atom. The molecule has 0 amide bonds. The highest BCUT2D eigenvalue weighted by atomic mass is 32.2. The van der Waals surface area contributed by atoms with E-state index in [1.165, 1.54) is 18.2 Å². The zero-order chi connectivity index (χ0) is 21.7. The first-order valence-corrected chi connectivity index (χ1v) is 10.7. The number of hydrogen-bond acceptors (Lipinski definition) is 6. The van der Waals surface area contributed by atoms with Crippen LogP contribution in [0.4, 0.5) is 0 Å². The predicted molar refractivity (Wildman–Crippen MR) is 112 cm³/mol. The first-order valence-electron chi connectivity index (χ1n) is 9.28. The van der Waals surface area contributed by atoms with Crippen LogP contribution in [0, 0.1) is 13.8 Å². The number of aryl methyl sites for hydroxylation is 1. The lowest BCUT2D eigenvalue weighted by Gasteiger charge is -2.17. The molecule has 6 nitrogen and oxygen atoms in total. The van der Waals surface area contributed by atoms with Crippen LogP contribution in [0.25, 0.3) is 0 Å². The van der Waals surface area contributed by atoms with Crippen molar-refractivity contribution in [1.29, 1.82) is 0 Å². The summed E-state index contributed by atoms with van der Waals surface area (Å²) in [7, 11) is -4.01. The van der Waals surface area contributed by atoms with E-state index in [0.29, 0.717) is 23.2 Å². The van der Waals surface area contributed by atoms with Gasteiger partial charge < -0.3 is 14.6 Å². The Morgan fingerprint density at radius 2 is 1.63 bits per heavy atom. The maximum Gasteiger partial charge on any atom is 0.297 e. The van der Waals surface area contributed by atoms with E-state index < -0.39 is 16.0 Å². The number of para-hydroxylation sites is 1. The Kier molecular flexibility index (Phi) is 6.54. The lowest BCUT2D eigenvalue weighted by atomic mass is 9.96. The van der Waals surface area contributed by atoms with Crippen molar-refractivity contribution in [3.05, 3.63) is 83.4 Å². The molecule has 0 aliphatic carbocycles. The van der Waals surface area contributed by atoms with Crippen molar-refractivity contribution in [1.82, 2.24) is 0 Å². The van der Waals surface area contributed by atoms with Crippen LogP contribution in [0.2, 0.25) is 0 Å². The average Bonchev–Trinajstić information content (AvgIpc) is 2.74. The Balaban J connectivity index is 1.78. The highest BCUT2D eigenvalue weighted by Crippen LogP contribution is 2.37. The molecule has 0 saturated heterocycles. The van der Waals surface area contributed by atoms with Gasteiger partial charge in [0.2, 0.25) is 0 Å². The predicted octanol–water partition coefficient (Wildman–Crippen LogP) is 4.49. The smallest absolute Gasteiger partial charge is 0.297 e. The molecule has 0 saturated carbocycles. The van der Waals surface area contributed by atoms with Crippen LogP contribution in [0.1, 0.15) is 22.6 Å². The van der Waals surface area contributed by atoms with Crippen molar-refractivity contribution < 1.29 is 27.2 Å². The van der Waals surface area contributed by atoms with Crippen molar-refractivity contribution in [3.8, 4) is 17.2 Å². The van der Waals surface area contributed by atoms with Gasteiger partial charge in [0.15, 0.2) is 11.5 Å². The van der Waals surface area contributed by atoms with Crippen molar-refractivity contribution in [2.45, 2.75) is 24.7 Å². The van der Waals surface area contributed by atoms with Gasteiger partial charge in [0.05, 0.1) is 17.4 Å². The molecule has 0 aromatic heterocycles. The van der Waals surface area contributed by atoms with Gasteiger partial charge in [0.1, 0.15) is 12.0 Å². The molecule has 0 heterocycles. The largest absolute Gasteiger partial charge is 0.504 e. The first kappa shape index (κ1) is 21.5. The van der Waals surface area contributed by atoms with Crippen molar-refractivity contribution >= 4 is 16.4 Å². The number of benzene rings is 3. The van der Waals surface area contributed by atoms with Crippen molar-refractivity contribution in [2.75, 3.05) is 6.61 Å². The quantitative estimate of drug-likeness (QED) is 0.422. The zero-order valence-electron chi connectivity index (χ0n) is 16.6. The molecule has 0 aliphatic rings. The van der Waals surface area contributed by atoms with Crippen LogP contribution in [-0.4, -0.2) is 26.4 Å². The van der Waals surface area contributed by atoms with E-state index in [1.807, 2.05) is 25.1 Å². The van der Waals surface area contributed by atoms with Gasteiger partial charge in [-0.1, -0.05) is 42.0 Å². The summed E-state index contributed by atoms with van der Waals surface area (Å²) in [5, 5.41) is 10.5. The number of carbonyl (C=O) groups is 1. The fourth-order valence-corrected chi connectivity index (χ4v) is 3.86. The molecule has 0 radical (unpaired) electrons. The maximum atomic E-state index is 12.4. The Hall–Kier alpha value is -3.16. The van der Waals surface area contributed by atoms with E-state index in [1.54, 1.807) is 37.3 Å². The van der Waals surface area contributed by atoms with Crippen LogP contribution in [0.5, 0.6) is 17.2 Å². The molecule has 7 heteroatoms. The molecule has 30 heavy (non-hydrogen) atoms. The second-order valence-corrected chi connectivity index (χ2v) is 8.45. The molecule has 0 bridgehead atoms. The molecular formula is C23H22O6S. The van der Waals surface area contributed by atoms with Gasteiger partial charge in [0, 0.05) is 0 Å². The Labute approximate surface area is 175 Å². The number of ether oxygens (including phenoxy) is 1. The summed E-state index contributed by atoms with van der Waals surface area (Å²) < 4.78 is 35.6. The van der Waals surface area contributed by atoms with Crippen molar-refractivity contribution in [2.24, 2.45) is 0 Å². The first-order chi connectivity index (χ1) is 14.3.